The summed E-state index contributed by atoms with van der Waals surface area (Å²) in [6, 6.07) is 4.56. The van der Waals surface area contributed by atoms with Crippen LogP contribution >= 0.6 is 22.9 Å². The van der Waals surface area contributed by atoms with Crippen molar-refractivity contribution in [2.75, 3.05) is 5.32 Å². The number of hydrogen-bond donors (Lipinski definition) is 1. The lowest BCUT2D eigenvalue weighted by Crippen LogP contribution is -2.28. The Labute approximate surface area is 129 Å². The molecule has 0 spiro atoms. The number of nitrogens with one attached hydrogen (secondary N) is 1. The first-order valence-corrected chi connectivity index (χ1v) is 8.69. The molecule has 1 saturated carbocycles. The van der Waals surface area contributed by atoms with Gasteiger partial charge < -0.3 is 5.32 Å². The maximum absolute atomic E-state index is 6.36. The van der Waals surface area contributed by atoms with Crippen LogP contribution in [0.1, 0.15) is 39.5 Å². The molecule has 2 aromatic rings. The molecule has 3 rings (SSSR count). The minimum atomic E-state index is 0.537. The summed E-state index contributed by atoms with van der Waals surface area (Å²) in [7, 11) is 0. The zero-order chi connectivity index (χ0) is 14.1. The molecule has 1 aliphatic carbocycles. The van der Waals surface area contributed by atoms with E-state index in [1.165, 1.54) is 30.4 Å². The number of nitrogens with zero attached hydrogens (tertiary/aromatic N) is 1. The predicted octanol–water partition coefficient (Wildman–Crippen LogP) is 5.58. The summed E-state index contributed by atoms with van der Waals surface area (Å²) in [6.45, 7) is 4.68. The van der Waals surface area contributed by atoms with E-state index in [0.29, 0.717) is 6.04 Å². The predicted molar refractivity (Wildman–Crippen MR) is 88.8 cm³/mol. The SMILES string of the molecule is CC(C)C1CCC(Nc2c(Cl)ccc3scnc23)CC1. The maximum atomic E-state index is 6.36. The first-order valence-electron chi connectivity index (χ1n) is 7.43. The van der Waals surface area contributed by atoms with Gasteiger partial charge in [0, 0.05) is 6.04 Å². The van der Waals surface area contributed by atoms with Crippen molar-refractivity contribution >= 4 is 38.8 Å². The maximum Gasteiger partial charge on any atom is 0.106 e. The normalized spacial score (nSPS) is 23.4. The average Bonchev–Trinajstić information content (AvgIpc) is 2.91. The van der Waals surface area contributed by atoms with Crippen LogP contribution in [0.15, 0.2) is 17.6 Å². The van der Waals surface area contributed by atoms with Gasteiger partial charge in [0.05, 0.1) is 20.9 Å². The van der Waals surface area contributed by atoms with E-state index in [1.54, 1.807) is 11.3 Å². The molecule has 0 atom stereocenters. The van der Waals surface area contributed by atoms with E-state index < -0.39 is 0 Å². The Hall–Kier alpha value is -0.800. The largest absolute Gasteiger partial charge is 0.379 e. The molecule has 1 aliphatic rings. The molecule has 1 N–H and O–H groups in total. The first kappa shape index (κ1) is 14.2. The van der Waals surface area contributed by atoms with Gasteiger partial charge in [0.2, 0.25) is 0 Å². The Balaban J connectivity index is 1.74. The van der Waals surface area contributed by atoms with Crippen LogP contribution in [0, 0.1) is 11.8 Å². The van der Waals surface area contributed by atoms with Crippen molar-refractivity contribution in [1.29, 1.82) is 0 Å². The van der Waals surface area contributed by atoms with Crippen molar-refractivity contribution in [3.05, 3.63) is 22.7 Å². The minimum absolute atomic E-state index is 0.537. The van der Waals surface area contributed by atoms with Crippen molar-refractivity contribution in [3.8, 4) is 0 Å². The molecule has 0 bridgehead atoms. The average molecular weight is 309 g/mol. The number of aromatic nitrogens is 1. The summed E-state index contributed by atoms with van der Waals surface area (Å²) in [5.74, 6) is 1.69. The number of fused-ring (bicyclic) bond motifs is 1. The van der Waals surface area contributed by atoms with Crippen LogP contribution in [0.2, 0.25) is 5.02 Å². The van der Waals surface area contributed by atoms with Gasteiger partial charge in [-0.3, -0.25) is 0 Å². The van der Waals surface area contributed by atoms with E-state index in [2.05, 4.69) is 30.2 Å². The zero-order valence-corrected chi connectivity index (χ0v) is 13.6. The van der Waals surface area contributed by atoms with Crippen LogP contribution in [0.4, 0.5) is 5.69 Å². The highest BCUT2D eigenvalue weighted by molar-refractivity contribution is 7.16. The van der Waals surface area contributed by atoms with Crippen molar-refractivity contribution in [2.24, 2.45) is 11.8 Å². The van der Waals surface area contributed by atoms with Gasteiger partial charge in [0.25, 0.3) is 0 Å². The number of anilines is 1. The lowest BCUT2D eigenvalue weighted by molar-refractivity contribution is 0.267. The molecular weight excluding hydrogens is 288 g/mol. The van der Waals surface area contributed by atoms with E-state index in [-0.39, 0.29) is 0 Å². The summed E-state index contributed by atoms with van der Waals surface area (Å²) >= 11 is 8.03. The van der Waals surface area contributed by atoms with Crippen LogP contribution in [0.5, 0.6) is 0 Å². The number of halogens is 1. The van der Waals surface area contributed by atoms with Gasteiger partial charge in [-0.15, -0.1) is 11.3 Å². The van der Waals surface area contributed by atoms with E-state index in [0.717, 1.165) is 28.1 Å². The molecule has 0 saturated heterocycles. The fourth-order valence-corrected chi connectivity index (χ4v) is 4.07. The van der Waals surface area contributed by atoms with E-state index in [1.807, 2.05) is 11.6 Å². The monoisotopic (exact) mass is 308 g/mol. The van der Waals surface area contributed by atoms with Gasteiger partial charge >= 0.3 is 0 Å². The van der Waals surface area contributed by atoms with E-state index in [9.17, 15) is 0 Å². The quantitative estimate of drug-likeness (QED) is 0.801. The molecule has 1 aromatic heterocycles. The fraction of sp³-hybridized carbons (Fsp3) is 0.562. The van der Waals surface area contributed by atoms with Gasteiger partial charge in [-0.05, 0) is 49.7 Å². The first-order chi connectivity index (χ1) is 9.65. The van der Waals surface area contributed by atoms with Crippen LogP contribution in [0.3, 0.4) is 0 Å². The molecule has 0 unspecified atom stereocenters. The summed E-state index contributed by atoms with van der Waals surface area (Å²) < 4.78 is 1.20. The van der Waals surface area contributed by atoms with Crippen LogP contribution in [-0.4, -0.2) is 11.0 Å². The van der Waals surface area contributed by atoms with E-state index >= 15 is 0 Å². The third kappa shape index (κ3) is 2.79. The Morgan fingerprint density at radius 3 is 2.70 bits per heavy atom. The molecular formula is C16H21ClN2S. The molecule has 2 nitrogen and oxygen atoms in total. The van der Waals surface area contributed by atoms with Crippen LogP contribution in [-0.2, 0) is 0 Å². The fourth-order valence-electron chi connectivity index (χ4n) is 3.18. The molecule has 108 valence electrons. The number of thiazole rings is 1. The van der Waals surface area contributed by atoms with Crippen molar-refractivity contribution in [1.82, 2.24) is 4.98 Å². The van der Waals surface area contributed by atoms with E-state index in [4.69, 9.17) is 11.6 Å². The summed E-state index contributed by atoms with van der Waals surface area (Å²) in [6.07, 6.45) is 5.11. The summed E-state index contributed by atoms with van der Waals surface area (Å²) in [4.78, 5) is 4.46. The molecule has 0 radical (unpaired) electrons. The smallest absolute Gasteiger partial charge is 0.106 e. The number of benzene rings is 1. The standard InChI is InChI=1S/C16H21ClN2S/c1-10(2)11-3-5-12(6-4-11)19-15-13(17)7-8-14-16(15)18-9-20-14/h7-12,19H,3-6H2,1-2H3. The van der Waals surface area contributed by atoms with Gasteiger partial charge in [0.1, 0.15) is 5.52 Å². The number of hydrogen-bond acceptors (Lipinski definition) is 3. The minimum Gasteiger partial charge on any atom is -0.379 e. The molecule has 20 heavy (non-hydrogen) atoms. The molecule has 4 heteroatoms. The summed E-state index contributed by atoms with van der Waals surface area (Å²) in [5.41, 5.74) is 3.94. The second kappa shape index (κ2) is 5.90. The third-order valence-corrected chi connectivity index (χ3v) is 5.62. The molecule has 0 amide bonds. The van der Waals surface area contributed by atoms with Gasteiger partial charge in [-0.1, -0.05) is 25.4 Å². The lowest BCUT2D eigenvalue weighted by Gasteiger charge is -2.32. The van der Waals surface area contributed by atoms with Crippen molar-refractivity contribution in [2.45, 2.75) is 45.6 Å². The van der Waals surface area contributed by atoms with Crippen molar-refractivity contribution < 1.29 is 0 Å². The molecule has 1 fully saturated rings. The van der Waals surface area contributed by atoms with Gasteiger partial charge in [-0.25, -0.2) is 4.98 Å². The lowest BCUT2D eigenvalue weighted by atomic mass is 9.79. The number of rotatable bonds is 3. The zero-order valence-electron chi connectivity index (χ0n) is 12.0. The highest BCUT2D eigenvalue weighted by Gasteiger charge is 2.24. The Morgan fingerprint density at radius 2 is 2.00 bits per heavy atom. The van der Waals surface area contributed by atoms with Crippen molar-refractivity contribution in [3.63, 3.8) is 0 Å². The second-order valence-corrected chi connectivity index (χ2v) is 7.42. The highest BCUT2D eigenvalue weighted by atomic mass is 35.5. The van der Waals surface area contributed by atoms with Crippen LogP contribution in [0.25, 0.3) is 10.2 Å². The second-order valence-electron chi connectivity index (χ2n) is 6.12. The summed E-state index contributed by atoms with van der Waals surface area (Å²) in [5, 5.41) is 4.44. The Morgan fingerprint density at radius 1 is 1.25 bits per heavy atom. The van der Waals surface area contributed by atoms with Gasteiger partial charge in [-0.2, -0.15) is 0 Å². The van der Waals surface area contributed by atoms with Gasteiger partial charge in [0.15, 0.2) is 0 Å². The third-order valence-electron chi connectivity index (χ3n) is 4.51. The topological polar surface area (TPSA) is 24.9 Å². The molecule has 1 heterocycles. The molecule has 1 aromatic carbocycles. The Kier molecular flexibility index (Phi) is 4.18. The van der Waals surface area contributed by atoms with Crippen LogP contribution < -0.4 is 5.32 Å². The molecule has 0 aliphatic heterocycles. The highest BCUT2D eigenvalue weighted by Crippen LogP contribution is 2.36. The Bertz CT molecular complexity index is 585.